The minimum Gasteiger partial charge on any atom is -0.376 e. The molecule has 0 aromatic heterocycles. The first-order chi connectivity index (χ1) is 6.75. The Balaban J connectivity index is 3.89. The highest BCUT2D eigenvalue weighted by molar-refractivity contribution is 4.76. The van der Waals surface area contributed by atoms with Gasteiger partial charge < -0.3 is 15.2 Å². The van der Waals surface area contributed by atoms with Gasteiger partial charge >= 0.3 is 6.18 Å². The molecule has 0 aliphatic rings. The topological polar surface area (TPSA) is 44.5 Å². The average Bonchev–Trinajstić information content (AvgIpc) is 1.99. The van der Waals surface area contributed by atoms with E-state index in [0.717, 1.165) is 0 Å². The Bertz CT molecular complexity index is 171. The first kappa shape index (κ1) is 14.7. The number of halogens is 3. The molecule has 0 amide bonds. The molecule has 2 unspecified atom stereocenters. The predicted molar refractivity (Wildman–Crippen MR) is 50.5 cm³/mol. The lowest BCUT2D eigenvalue weighted by Crippen LogP contribution is -2.45. The van der Waals surface area contributed by atoms with E-state index in [2.05, 4.69) is 4.74 Å². The van der Waals surface area contributed by atoms with E-state index in [1.54, 1.807) is 13.8 Å². The Morgan fingerprint density at radius 2 is 1.53 bits per heavy atom. The van der Waals surface area contributed by atoms with E-state index in [1.807, 2.05) is 0 Å². The van der Waals surface area contributed by atoms with E-state index in [-0.39, 0.29) is 19.3 Å². The fourth-order valence-corrected chi connectivity index (χ4v) is 1.00. The van der Waals surface area contributed by atoms with E-state index in [9.17, 15) is 13.2 Å². The summed E-state index contributed by atoms with van der Waals surface area (Å²) in [6.07, 6.45) is -6.37. The molecule has 0 fully saturated rings. The van der Waals surface area contributed by atoms with Gasteiger partial charge in [0.2, 0.25) is 0 Å². The van der Waals surface area contributed by atoms with Crippen molar-refractivity contribution >= 4 is 0 Å². The monoisotopic (exact) mass is 229 g/mol. The van der Waals surface area contributed by atoms with Crippen LogP contribution in [0.3, 0.4) is 0 Å². The van der Waals surface area contributed by atoms with Gasteiger partial charge in [-0.3, -0.25) is 0 Å². The largest absolute Gasteiger partial charge is 0.416 e. The van der Waals surface area contributed by atoms with Gasteiger partial charge in [-0.05, 0) is 20.8 Å². The molecule has 0 rings (SSSR count). The van der Waals surface area contributed by atoms with E-state index >= 15 is 0 Å². The highest BCUT2D eigenvalue weighted by Crippen LogP contribution is 2.24. The summed E-state index contributed by atoms with van der Waals surface area (Å²) >= 11 is 0. The summed E-state index contributed by atoms with van der Waals surface area (Å²) < 4.78 is 46.6. The van der Waals surface area contributed by atoms with Crippen molar-refractivity contribution in [3.05, 3.63) is 0 Å². The molecule has 3 nitrogen and oxygen atoms in total. The number of rotatable bonds is 6. The maximum absolute atomic E-state index is 12.3. The van der Waals surface area contributed by atoms with E-state index < -0.39 is 18.3 Å². The third-order valence-electron chi connectivity index (χ3n) is 1.63. The molecule has 0 heterocycles. The predicted octanol–water partition coefficient (Wildman–Crippen LogP) is 1.71. The molecule has 2 atom stereocenters. The Labute approximate surface area is 87.7 Å². The van der Waals surface area contributed by atoms with Crippen LogP contribution >= 0.6 is 0 Å². The van der Waals surface area contributed by atoms with Crippen LogP contribution in [0.5, 0.6) is 0 Å². The summed E-state index contributed by atoms with van der Waals surface area (Å²) in [6.45, 7) is 4.89. The van der Waals surface area contributed by atoms with Crippen molar-refractivity contribution in [3.8, 4) is 0 Å². The fourth-order valence-electron chi connectivity index (χ4n) is 1.00. The molecule has 6 heteroatoms. The van der Waals surface area contributed by atoms with Crippen molar-refractivity contribution in [2.75, 3.05) is 13.2 Å². The van der Waals surface area contributed by atoms with Crippen molar-refractivity contribution < 1.29 is 22.6 Å². The number of ether oxygens (including phenoxy) is 2. The van der Waals surface area contributed by atoms with Gasteiger partial charge in [0, 0.05) is 6.04 Å². The van der Waals surface area contributed by atoms with Gasteiger partial charge in [-0.15, -0.1) is 0 Å². The van der Waals surface area contributed by atoms with Crippen LogP contribution < -0.4 is 5.73 Å². The van der Waals surface area contributed by atoms with Crippen LogP contribution in [0.25, 0.3) is 0 Å². The van der Waals surface area contributed by atoms with Crippen molar-refractivity contribution in [3.63, 3.8) is 0 Å². The molecule has 0 aliphatic carbocycles. The van der Waals surface area contributed by atoms with Crippen LogP contribution in [-0.4, -0.2) is 37.6 Å². The zero-order chi connectivity index (χ0) is 12.1. The third-order valence-corrected chi connectivity index (χ3v) is 1.63. The van der Waals surface area contributed by atoms with Gasteiger partial charge in [0.15, 0.2) is 6.10 Å². The first-order valence-corrected chi connectivity index (χ1v) is 4.80. The van der Waals surface area contributed by atoms with Gasteiger partial charge in [-0.2, -0.15) is 13.2 Å². The van der Waals surface area contributed by atoms with E-state index in [4.69, 9.17) is 10.5 Å². The summed E-state index contributed by atoms with van der Waals surface area (Å²) in [6, 6.07) is -1.08. The highest BCUT2D eigenvalue weighted by Gasteiger charge is 2.42. The normalized spacial score (nSPS) is 16.8. The molecule has 0 aromatic rings. The van der Waals surface area contributed by atoms with Crippen LogP contribution in [0.2, 0.25) is 0 Å². The summed E-state index contributed by atoms with van der Waals surface area (Å²) in [5.41, 5.74) is 5.18. The van der Waals surface area contributed by atoms with Gasteiger partial charge in [-0.1, -0.05) is 0 Å². The van der Waals surface area contributed by atoms with Gasteiger partial charge in [0.25, 0.3) is 0 Å². The van der Waals surface area contributed by atoms with Gasteiger partial charge in [0.1, 0.15) is 0 Å². The molecular formula is C9H18F3NO2. The van der Waals surface area contributed by atoms with Gasteiger partial charge in [0.05, 0.1) is 19.3 Å². The molecule has 0 saturated carbocycles. The maximum atomic E-state index is 12.3. The summed E-state index contributed by atoms with van der Waals surface area (Å²) in [4.78, 5) is 0. The molecule has 0 aromatic carbocycles. The lowest BCUT2D eigenvalue weighted by atomic mass is 10.2. The van der Waals surface area contributed by atoms with Crippen molar-refractivity contribution in [1.82, 2.24) is 0 Å². The van der Waals surface area contributed by atoms with Crippen molar-refractivity contribution in [2.24, 2.45) is 5.73 Å². The lowest BCUT2D eigenvalue weighted by Gasteiger charge is -2.24. The summed E-state index contributed by atoms with van der Waals surface area (Å²) in [5.74, 6) is 0. The van der Waals surface area contributed by atoms with Crippen molar-refractivity contribution in [1.29, 1.82) is 0 Å². The highest BCUT2D eigenvalue weighted by atomic mass is 19.4. The average molecular weight is 229 g/mol. The zero-order valence-corrected chi connectivity index (χ0v) is 9.17. The second kappa shape index (κ2) is 6.30. The van der Waals surface area contributed by atoms with E-state index in [1.165, 1.54) is 6.92 Å². The molecule has 0 saturated heterocycles. The quantitative estimate of drug-likeness (QED) is 0.705. The molecule has 0 radical (unpaired) electrons. The first-order valence-electron chi connectivity index (χ1n) is 4.80. The second-order valence-corrected chi connectivity index (χ2v) is 3.61. The van der Waals surface area contributed by atoms with Crippen LogP contribution in [0.15, 0.2) is 0 Å². The van der Waals surface area contributed by atoms with Crippen LogP contribution in [-0.2, 0) is 9.47 Å². The number of alkyl halides is 3. The fraction of sp³-hybridized carbons (Fsp3) is 1.00. The molecule has 0 spiro atoms. The minimum atomic E-state index is -4.42. The molecule has 92 valence electrons. The minimum absolute atomic E-state index is 0.0202. The Morgan fingerprint density at radius 3 is 1.87 bits per heavy atom. The van der Waals surface area contributed by atoms with Crippen LogP contribution in [0.4, 0.5) is 13.2 Å². The maximum Gasteiger partial charge on any atom is 0.416 e. The van der Waals surface area contributed by atoms with Crippen LogP contribution in [0, 0.1) is 0 Å². The standard InChI is InChI=1S/C9H18F3NO2/c1-6(2)14-4-5-15-8(7(3)13)9(10,11)12/h6-8H,4-5,13H2,1-3H3. The molecule has 15 heavy (non-hydrogen) atoms. The summed E-state index contributed by atoms with van der Waals surface area (Å²) in [7, 11) is 0. The SMILES string of the molecule is CC(C)OCCOC(C(C)N)C(F)(F)F. The zero-order valence-electron chi connectivity index (χ0n) is 9.17. The molecule has 0 bridgehead atoms. The summed E-state index contributed by atoms with van der Waals surface area (Å²) in [5, 5.41) is 0. The van der Waals surface area contributed by atoms with Gasteiger partial charge in [-0.25, -0.2) is 0 Å². The number of hydrogen-bond donors (Lipinski definition) is 1. The number of hydrogen-bond acceptors (Lipinski definition) is 3. The Kier molecular flexibility index (Phi) is 6.16. The van der Waals surface area contributed by atoms with Crippen LogP contribution in [0.1, 0.15) is 20.8 Å². The second-order valence-electron chi connectivity index (χ2n) is 3.61. The van der Waals surface area contributed by atoms with E-state index in [0.29, 0.717) is 0 Å². The molecule has 2 N–H and O–H groups in total. The Morgan fingerprint density at radius 1 is 1.07 bits per heavy atom. The molecular weight excluding hydrogens is 211 g/mol. The smallest absolute Gasteiger partial charge is 0.376 e. The van der Waals surface area contributed by atoms with Crippen molar-refractivity contribution in [2.45, 2.75) is 45.2 Å². The Hall–Kier alpha value is -0.330. The number of nitrogens with two attached hydrogens (primary N) is 1. The lowest BCUT2D eigenvalue weighted by molar-refractivity contribution is -0.227. The molecule has 0 aliphatic heterocycles. The third kappa shape index (κ3) is 6.70.